The van der Waals surface area contributed by atoms with Gasteiger partial charge in [-0.1, -0.05) is 41.7 Å². The number of fused-ring (bicyclic) bond motifs is 1. The van der Waals surface area contributed by atoms with E-state index in [1.165, 1.54) is 40.5 Å². The molecule has 1 amide bonds. The number of aliphatic hydroxyl groups is 1. The van der Waals surface area contributed by atoms with Gasteiger partial charge in [-0.05, 0) is 55.0 Å². The van der Waals surface area contributed by atoms with E-state index >= 15 is 0 Å². The summed E-state index contributed by atoms with van der Waals surface area (Å²) >= 11 is 1.26. The molecule has 34 heavy (non-hydrogen) atoms. The quantitative estimate of drug-likeness (QED) is 0.236. The van der Waals surface area contributed by atoms with Crippen molar-refractivity contribution in [2.45, 2.75) is 13.0 Å². The standard InChI is InChI=1S/C26H19FN2O4S/c1-2-33-18-12-13-19-20(14-18)34-26(28-19)29-22(15-6-4-3-5-7-15)21(24(31)25(29)32)23(30)16-8-10-17(27)11-9-16/h3-14,22,30H,2H2,1H3. The smallest absolute Gasteiger partial charge is 0.301 e. The first-order chi connectivity index (χ1) is 16.5. The van der Waals surface area contributed by atoms with Crippen molar-refractivity contribution in [2.75, 3.05) is 11.5 Å². The highest BCUT2D eigenvalue weighted by Crippen LogP contribution is 2.44. The van der Waals surface area contributed by atoms with Crippen LogP contribution in [-0.2, 0) is 9.59 Å². The highest BCUT2D eigenvalue weighted by Gasteiger charge is 2.48. The van der Waals surface area contributed by atoms with E-state index in [4.69, 9.17) is 4.74 Å². The van der Waals surface area contributed by atoms with Crippen molar-refractivity contribution < 1.29 is 23.8 Å². The molecule has 1 atom stereocenters. The van der Waals surface area contributed by atoms with E-state index < -0.39 is 23.5 Å². The van der Waals surface area contributed by atoms with Crippen LogP contribution < -0.4 is 9.64 Å². The van der Waals surface area contributed by atoms with Gasteiger partial charge in [0.05, 0.1) is 28.4 Å². The van der Waals surface area contributed by atoms with Crippen LogP contribution in [-0.4, -0.2) is 28.4 Å². The predicted octanol–water partition coefficient (Wildman–Crippen LogP) is 5.46. The van der Waals surface area contributed by atoms with E-state index in [-0.39, 0.29) is 16.9 Å². The summed E-state index contributed by atoms with van der Waals surface area (Å²) in [4.78, 5) is 32.3. The lowest BCUT2D eigenvalue weighted by Crippen LogP contribution is -2.29. The number of anilines is 1. The number of ether oxygens (including phenoxy) is 1. The summed E-state index contributed by atoms with van der Waals surface area (Å²) in [6.07, 6.45) is 0. The minimum atomic E-state index is -0.891. The van der Waals surface area contributed by atoms with E-state index in [1.807, 2.05) is 19.1 Å². The predicted molar refractivity (Wildman–Crippen MR) is 128 cm³/mol. The molecule has 0 spiro atoms. The third-order valence-corrected chi connectivity index (χ3v) is 6.56. The summed E-state index contributed by atoms with van der Waals surface area (Å²) in [7, 11) is 0. The summed E-state index contributed by atoms with van der Waals surface area (Å²) in [5.41, 5.74) is 1.47. The van der Waals surface area contributed by atoms with Gasteiger partial charge in [-0.25, -0.2) is 9.37 Å². The number of carbonyl (C=O) groups excluding carboxylic acids is 2. The van der Waals surface area contributed by atoms with Crippen molar-refractivity contribution in [2.24, 2.45) is 0 Å². The molecule has 2 heterocycles. The van der Waals surface area contributed by atoms with E-state index in [9.17, 15) is 19.1 Å². The minimum absolute atomic E-state index is 0.0722. The molecule has 0 aliphatic carbocycles. The van der Waals surface area contributed by atoms with Gasteiger partial charge in [0.25, 0.3) is 5.78 Å². The first-order valence-electron chi connectivity index (χ1n) is 10.6. The van der Waals surface area contributed by atoms with Crippen LogP contribution in [0.5, 0.6) is 5.75 Å². The third kappa shape index (κ3) is 3.72. The topological polar surface area (TPSA) is 79.7 Å². The molecule has 1 aliphatic rings. The molecule has 5 rings (SSSR count). The second-order valence-corrected chi connectivity index (χ2v) is 8.65. The molecule has 1 unspecified atom stereocenters. The molecular weight excluding hydrogens is 455 g/mol. The lowest BCUT2D eigenvalue weighted by Gasteiger charge is -2.22. The fraction of sp³-hybridized carbons (Fsp3) is 0.115. The summed E-state index contributed by atoms with van der Waals surface area (Å²) in [5.74, 6) is -1.78. The molecule has 1 aromatic heterocycles. The number of hydrogen-bond acceptors (Lipinski definition) is 6. The molecule has 0 saturated carbocycles. The van der Waals surface area contributed by atoms with E-state index in [2.05, 4.69) is 4.98 Å². The zero-order valence-electron chi connectivity index (χ0n) is 18.1. The molecule has 1 N–H and O–H groups in total. The van der Waals surface area contributed by atoms with Gasteiger partial charge in [0.15, 0.2) is 5.13 Å². The number of nitrogens with zero attached hydrogens (tertiary/aromatic N) is 2. The number of aliphatic hydroxyl groups excluding tert-OH is 1. The van der Waals surface area contributed by atoms with Crippen LogP contribution in [0.15, 0.2) is 78.4 Å². The maximum absolute atomic E-state index is 13.4. The Morgan fingerprint density at radius 1 is 1.09 bits per heavy atom. The Kier molecular flexibility index (Phi) is 5.59. The average molecular weight is 475 g/mol. The molecule has 6 nitrogen and oxygen atoms in total. The summed E-state index contributed by atoms with van der Waals surface area (Å²) < 4.78 is 19.8. The first kappa shape index (κ1) is 21.8. The van der Waals surface area contributed by atoms with Gasteiger partial charge in [0.2, 0.25) is 0 Å². The van der Waals surface area contributed by atoms with E-state index in [0.717, 1.165) is 4.70 Å². The van der Waals surface area contributed by atoms with Crippen LogP contribution in [0.3, 0.4) is 0 Å². The Bertz CT molecular complexity index is 1430. The Morgan fingerprint density at radius 2 is 1.82 bits per heavy atom. The summed E-state index contributed by atoms with van der Waals surface area (Å²) in [6.45, 7) is 2.41. The average Bonchev–Trinajstić information content (AvgIpc) is 3.38. The number of rotatable bonds is 5. The molecule has 4 aromatic rings. The number of Topliss-reactive ketones (excluding diaryl/α,β-unsaturated/α-hetero) is 1. The van der Waals surface area contributed by atoms with Crippen LogP contribution in [0.25, 0.3) is 16.0 Å². The monoisotopic (exact) mass is 474 g/mol. The molecule has 3 aromatic carbocycles. The van der Waals surface area contributed by atoms with Crippen molar-refractivity contribution in [1.29, 1.82) is 0 Å². The number of thiazole rings is 1. The maximum Gasteiger partial charge on any atom is 0.301 e. The SMILES string of the molecule is CCOc1ccc2nc(N3C(=O)C(=O)C(=C(O)c4ccc(F)cc4)C3c3ccccc3)sc2c1. The van der Waals surface area contributed by atoms with Crippen molar-refractivity contribution >= 4 is 44.1 Å². The molecule has 1 fully saturated rings. The molecule has 8 heteroatoms. The number of ketones is 1. The molecule has 1 aliphatic heterocycles. The highest BCUT2D eigenvalue weighted by molar-refractivity contribution is 7.22. The number of aromatic nitrogens is 1. The molecular formula is C26H19FN2O4S. The van der Waals surface area contributed by atoms with Crippen LogP contribution in [0.4, 0.5) is 9.52 Å². The highest BCUT2D eigenvalue weighted by atomic mass is 32.1. The van der Waals surface area contributed by atoms with E-state index in [0.29, 0.717) is 28.6 Å². The van der Waals surface area contributed by atoms with E-state index in [1.54, 1.807) is 36.4 Å². The van der Waals surface area contributed by atoms with Gasteiger partial charge in [-0.15, -0.1) is 0 Å². The summed E-state index contributed by atoms with van der Waals surface area (Å²) in [6, 6.07) is 18.6. The van der Waals surface area contributed by atoms with Crippen LogP contribution in [0.2, 0.25) is 0 Å². The number of carbonyl (C=O) groups is 2. The van der Waals surface area contributed by atoms with Crippen molar-refractivity contribution in [3.63, 3.8) is 0 Å². The molecule has 1 saturated heterocycles. The van der Waals surface area contributed by atoms with Crippen LogP contribution in [0.1, 0.15) is 24.1 Å². The fourth-order valence-electron chi connectivity index (χ4n) is 4.00. The maximum atomic E-state index is 13.4. The van der Waals surface area contributed by atoms with Crippen LogP contribution >= 0.6 is 11.3 Å². The zero-order chi connectivity index (χ0) is 23.8. The number of benzene rings is 3. The third-order valence-electron chi connectivity index (χ3n) is 5.54. The summed E-state index contributed by atoms with van der Waals surface area (Å²) in [5, 5.41) is 11.4. The number of hydrogen-bond donors (Lipinski definition) is 1. The van der Waals surface area contributed by atoms with Gasteiger partial charge >= 0.3 is 5.91 Å². The van der Waals surface area contributed by atoms with Gasteiger partial charge in [0, 0.05) is 5.56 Å². The second kappa shape index (κ2) is 8.72. The molecule has 0 radical (unpaired) electrons. The van der Waals surface area contributed by atoms with Crippen molar-refractivity contribution in [3.8, 4) is 5.75 Å². The zero-order valence-corrected chi connectivity index (χ0v) is 18.9. The minimum Gasteiger partial charge on any atom is -0.507 e. The molecule has 170 valence electrons. The fourth-order valence-corrected chi connectivity index (χ4v) is 5.02. The Balaban J connectivity index is 1.68. The lowest BCUT2D eigenvalue weighted by molar-refractivity contribution is -0.132. The van der Waals surface area contributed by atoms with Gasteiger partial charge < -0.3 is 9.84 Å². The van der Waals surface area contributed by atoms with Gasteiger partial charge in [-0.3, -0.25) is 14.5 Å². The van der Waals surface area contributed by atoms with Crippen molar-refractivity contribution in [3.05, 3.63) is 95.3 Å². The van der Waals surface area contributed by atoms with Gasteiger partial charge in [-0.2, -0.15) is 0 Å². The number of halogens is 1. The first-order valence-corrected chi connectivity index (χ1v) is 11.4. The second-order valence-electron chi connectivity index (χ2n) is 7.65. The molecule has 0 bridgehead atoms. The Morgan fingerprint density at radius 3 is 2.53 bits per heavy atom. The largest absolute Gasteiger partial charge is 0.507 e. The van der Waals surface area contributed by atoms with Crippen molar-refractivity contribution in [1.82, 2.24) is 4.98 Å². The Labute approximate surface area is 198 Å². The van der Waals surface area contributed by atoms with Gasteiger partial charge in [0.1, 0.15) is 17.3 Å². The Hall–Kier alpha value is -4.04. The lowest BCUT2D eigenvalue weighted by atomic mass is 9.95. The van der Waals surface area contributed by atoms with Crippen LogP contribution in [0, 0.1) is 5.82 Å². The number of amides is 1. The normalized spacial score (nSPS) is 17.5.